The minimum Gasteiger partial charge on any atom is -0.325 e. The summed E-state index contributed by atoms with van der Waals surface area (Å²) in [5.74, 6) is 0. The summed E-state index contributed by atoms with van der Waals surface area (Å²) in [6.07, 6.45) is 3.31. The number of aryl methyl sites for hydroxylation is 2. The Kier molecular flexibility index (Phi) is 6.97. The van der Waals surface area contributed by atoms with Crippen LogP contribution in [-0.2, 0) is 33.7 Å². The largest absolute Gasteiger partial charge is 0.332 e. The van der Waals surface area contributed by atoms with Gasteiger partial charge in [0.1, 0.15) is 0 Å². The number of nitrogens with zero attached hydrogens (tertiary/aromatic N) is 4. The average Bonchev–Trinajstić information content (AvgIpc) is 3.04. The fraction of sp³-hybridized carbons (Fsp3) is 0.688. The predicted octanol–water partition coefficient (Wildman–Crippen LogP) is 1.96. The first-order valence-electron chi connectivity index (χ1n) is 8.91. The Bertz CT molecular complexity index is 914. The minimum atomic E-state index is -2.98. The zero-order chi connectivity index (χ0) is 19.3. The molecule has 146 valence electrons. The predicted molar refractivity (Wildman–Crippen MR) is 99.9 cm³/mol. The van der Waals surface area contributed by atoms with Crippen molar-refractivity contribution in [2.45, 2.75) is 46.7 Å². The van der Waals surface area contributed by atoms with Crippen LogP contribution in [0.2, 0.25) is 0 Å². The van der Waals surface area contributed by atoms with E-state index in [4.69, 9.17) is 9.05 Å². The lowest BCUT2D eigenvalue weighted by Gasteiger charge is -2.15. The number of hydrogen-bond donors (Lipinski definition) is 0. The average molecular weight is 386 g/mol. The second-order valence-corrected chi connectivity index (χ2v) is 8.26. The van der Waals surface area contributed by atoms with Gasteiger partial charge in [-0.1, -0.05) is 6.92 Å². The maximum atomic E-state index is 12.6. The van der Waals surface area contributed by atoms with Gasteiger partial charge < -0.3 is 13.6 Å². The van der Waals surface area contributed by atoms with Gasteiger partial charge in [-0.25, -0.2) is 9.78 Å². The van der Waals surface area contributed by atoms with Crippen molar-refractivity contribution in [3.05, 3.63) is 27.2 Å². The molecule has 2 heterocycles. The summed E-state index contributed by atoms with van der Waals surface area (Å²) in [7, 11) is -1.37. The van der Waals surface area contributed by atoms with Crippen molar-refractivity contribution < 1.29 is 13.6 Å². The first kappa shape index (κ1) is 20.6. The molecule has 2 aromatic heterocycles. The van der Waals surface area contributed by atoms with Crippen LogP contribution in [-0.4, -0.2) is 38.1 Å². The lowest BCUT2D eigenvalue weighted by molar-refractivity contribution is 0.208. The van der Waals surface area contributed by atoms with Gasteiger partial charge in [0.15, 0.2) is 11.2 Å². The van der Waals surface area contributed by atoms with Gasteiger partial charge in [0.25, 0.3) is 5.56 Å². The van der Waals surface area contributed by atoms with E-state index in [1.165, 1.54) is 9.13 Å². The molecule has 0 N–H and O–H groups in total. The van der Waals surface area contributed by atoms with Crippen LogP contribution in [0.25, 0.3) is 11.2 Å². The van der Waals surface area contributed by atoms with E-state index >= 15 is 0 Å². The molecule has 0 amide bonds. The Labute approximate surface area is 152 Å². The molecule has 1 unspecified atom stereocenters. The normalized spacial score (nSPS) is 14.0. The van der Waals surface area contributed by atoms with Crippen molar-refractivity contribution in [2.24, 2.45) is 7.05 Å². The highest BCUT2D eigenvalue weighted by molar-refractivity contribution is 7.53. The highest BCUT2D eigenvalue weighted by Crippen LogP contribution is 2.47. The van der Waals surface area contributed by atoms with Crippen molar-refractivity contribution in [1.82, 2.24) is 18.7 Å². The van der Waals surface area contributed by atoms with Crippen LogP contribution < -0.4 is 11.2 Å². The van der Waals surface area contributed by atoms with Gasteiger partial charge in [-0.2, -0.15) is 0 Å². The van der Waals surface area contributed by atoms with E-state index in [2.05, 4.69) is 4.98 Å². The Morgan fingerprint density at radius 3 is 2.50 bits per heavy atom. The van der Waals surface area contributed by atoms with Crippen molar-refractivity contribution in [2.75, 3.05) is 19.4 Å². The standard InChI is InChI=1S/C16H27N4O5P/c1-5-20-15(21)13-14(18(4)16(20)22)17-12-19(13)10-8-9-11-25-26(23,7-3)24-6-2/h12H,5-11H2,1-4H3. The molecule has 26 heavy (non-hydrogen) atoms. The van der Waals surface area contributed by atoms with E-state index < -0.39 is 7.60 Å². The molecule has 0 aromatic carbocycles. The quantitative estimate of drug-likeness (QED) is 0.457. The third-order valence-corrected chi connectivity index (χ3v) is 6.21. The second-order valence-electron chi connectivity index (χ2n) is 5.89. The van der Waals surface area contributed by atoms with Gasteiger partial charge >= 0.3 is 13.3 Å². The fourth-order valence-electron chi connectivity index (χ4n) is 2.77. The summed E-state index contributed by atoms with van der Waals surface area (Å²) < 4.78 is 27.2. The smallest absolute Gasteiger partial charge is 0.325 e. The Morgan fingerprint density at radius 2 is 1.88 bits per heavy atom. The van der Waals surface area contributed by atoms with Gasteiger partial charge in [-0.3, -0.25) is 18.5 Å². The lowest BCUT2D eigenvalue weighted by atomic mass is 10.3. The van der Waals surface area contributed by atoms with Crippen LogP contribution in [0.5, 0.6) is 0 Å². The zero-order valence-electron chi connectivity index (χ0n) is 15.8. The Hall–Kier alpha value is -1.70. The molecule has 0 radical (unpaired) electrons. The van der Waals surface area contributed by atoms with Crippen LogP contribution in [0.3, 0.4) is 0 Å². The molecule has 2 aromatic rings. The summed E-state index contributed by atoms with van der Waals surface area (Å²) in [6, 6.07) is 0. The molecular weight excluding hydrogens is 359 g/mol. The van der Waals surface area contributed by atoms with E-state index in [0.717, 1.165) is 6.42 Å². The molecule has 0 fully saturated rings. The molecule has 10 heteroatoms. The van der Waals surface area contributed by atoms with E-state index in [1.807, 2.05) is 0 Å². The molecular formula is C16H27N4O5P. The SMILES string of the molecule is CCOP(=O)(CC)OCCCCn1cnc2c1c(=O)n(CC)c(=O)n2C. The Balaban J connectivity index is 2.06. The molecule has 0 spiro atoms. The molecule has 9 nitrogen and oxygen atoms in total. The third kappa shape index (κ3) is 4.16. The van der Waals surface area contributed by atoms with E-state index in [9.17, 15) is 14.2 Å². The molecule has 0 aliphatic rings. The molecule has 0 aliphatic heterocycles. The minimum absolute atomic E-state index is 0.310. The van der Waals surface area contributed by atoms with Gasteiger partial charge in [0.05, 0.1) is 19.5 Å². The number of aromatic nitrogens is 4. The van der Waals surface area contributed by atoms with Gasteiger partial charge in [-0.15, -0.1) is 0 Å². The molecule has 0 aliphatic carbocycles. The van der Waals surface area contributed by atoms with E-state index in [-0.39, 0.29) is 11.2 Å². The first-order chi connectivity index (χ1) is 12.4. The number of rotatable bonds is 10. The summed E-state index contributed by atoms with van der Waals surface area (Å²) in [5, 5.41) is 0. The molecule has 0 bridgehead atoms. The van der Waals surface area contributed by atoms with Crippen molar-refractivity contribution in [3.63, 3.8) is 0 Å². The monoisotopic (exact) mass is 386 g/mol. The Morgan fingerprint density at radius 1 is 1.15 bits per heavy atom. The van der Waals surface area contributed by atoms with Gasteiger partial charge in [0.2, 0.25) is 0 Å². The van der Waals surface area contributed by atoms with E-state index in [1.54, 1.807) is 38.7 Å². The van der Waals surface area contributed by atoms with Gasteiger partial charge in [0, 0.05) is 26.3 Å². The maximum Gasteiger partial charge on any atom is 0.332 e. The summed E-state index contributed by atoms with van der Waals surface area (Å²) in [6.45, 7) is 6.87. The number of imidazole rings is 1. The van der Waals surface area contributed by atoms with Crippen molar-refractivity contribution in [1.29, 1.82) is 0 Å². The molecule has 2 rings (SSSR count). The van der Waals surface area contributed by atoms with Crippen LogP contribution in [0, 0.1) is 0 Å². The van der Waals surface area contributed by atoms with Crippen molar-refractivity contribution in [3.8, 4) is 0 Å². The van der Waals surface area contributed by atoms with Crippen LogP contribution in [0.1, 0.15) is 33.6 Å². The first-order valence-corrected chi connectivity index (χ1v) is 10.6. The maximum absolute atomic E-state index is 12.6. The number of hydrogen-bond acceptors (Lipinski definition) is 6. The van der Waals surface area contributed by atoms with Crippen LogP contribution >= 0.6 is 7.60 Å². The number of unbranched alkanes of at least 4 members (excludes halogenated alkanes) is 1. The molecule has 0 saturated carbocycles. The van der Waals surface area contributed by atoms with Crippen LogP contribution in [0.15, 0.2) is 15.9 Å². The van der Waals surface area contributed by atoms with Crippen LogP contribution in [0.4, 0.5) is 0 Å². The summed E-state index contributed by atoms with van der Waals surface area (Å²) in [4.78, 5) is 28.9. The second kappa shape index (κ2) is 8.79. The lowest BCUT2D eigenvalue weighted by Crippen LogP contribution is -2.39. The molecule has 0 saturated heterocycles. The topological polar surface area (TPSA) is 97.3 Å². The summed E-state index contributed by atoms with van der Waals surface area (Å²) >= 11 is 0. The highest BCUT2D eigenvalue weighted by atomic mass is 31.2. The highest BCUT2D eigenvalue weighted by Gasteiger charge is 2.20. The van der Waals surface area contributed by atoms with Gasteiger partial charge in [-0.05, 0) is 26.7 Å². The zero-order valence-corrected chi connectivity index (χ0v) is 16.7. The fourth-order valence-corrected chi connectivity index (χ4v) is 4.02. The van der Waals surface area contributed by atoms with Crippen molar-refractivity contribution >= 4 is 18.8 Å². The third-order valence-electron chi connectivity index (χ3n) is 4.21. The van der Waals surface area contributed by atoms with E-state index in [0.29, 0.717) is 50.0 Å². The molecule has 1 atom stereocenters. The number of fused-ring (bicyclic) bond motifs is 1. The summed E-state index contributed by atoms with van der Waals surface area (Å²) in [5.41, 5.74) is 0.109.